The Morgan fingerprint density at radius 2 is 1.72 bits per heavy atom. The van der Waals surface area contributed by atoms with Crippen LogP contribution < -0.4 is 10.1 Å². The monoisotopic (exact) mass is 385 g/mol. The van der Waals surface area contributed by atoms with Gasteiger partial charge in [0, 0.05) is 16.6 Å². The number of ether oxygens (including phenoxy) is 1. The van der Waals surface area contributed by atoms with Gasteiger partial charge in [0.2, 0.25) is 0 Å². The minimum absolute atomic E-state index is 0.197. The van der Waals surface area contributed by atoms with Crippen molar-refractivity contribution in [1.82, 2.24) is 0 Å². The number of hydrogen-bond acceptors (Lipinski definition) is 3. The number of furan rings is 1. The fourth-order valence-electron chi connectivity index (χ4n) is 3.49. The van der Waals surface area contributed by atoms with Gasteiger partial charge in [-0.15, -0.1) is 0 Å². The molecule has 146 valence electrons. The number of carbonyl (C=O) groups excluding carboxylic acids is 1. The van der Waals surface area contributed by atoms with Crippen LogP contribution in [-0.4, -0.2) is 12.5 Å². The summed E-state index contributed by atoms with van der Waals surface area (Å²) in [6.07, 6.45) is 0.836. The zero-order valence-electron chi connectivity index (χ0n) is 16.6. The molecule has 0 bridgehead atoms. The SMILES string of the molecule is CCOc1ccc2oc(-c3ccccc3)c(C(=O)Nc3ccccc3CC)c2c1. The molecule has 1 amide bonds. The third kappa shape index (κ3) is 3.74. The molecule has 4 heteroatoms. The summed E-state index contributed by atoms with van der Waals surface area (Å²) in [5.41, 5.74) is 3.93. The lowest BCUT2D eigenvalue weighted by atomic mass is 10.0. The fraction of sp³-hybridized carbons (Fsp3) is 0.160. The molecular weight excluding hydrogens is 362 g/mol. The van der Waals surface area contributed by atoms with Gasteiger partial charge in [0.25, 0.3) is 5.91 Å². The molecule has 4 rings (SSSR count). The molecule has 0 spiro atoms. The van der Waals surface area contributed by atoms with Crippen LogP contribution in [0.25, 0.3) is 22.3 Å². The Morgan fingerprint density at radius 1 is 0.966 bits per heavy atom. The quantitative estimate of drug-likeness (QED) is 0.423. The highest BCUT2D eigenvalue weighted by molar-refractivity contribution is 6.16. The van der Waals surface area contributed by atoms with Crippen LogP contribution in [0, 0.1) is 0 Å². The highest BCUT2D eigenvalue weighted by Crippen LogP contribution is 2.36. The van der Waals surface area contributed by atoms with Crippen molar-refractivity contribution in [1.29, 1.82) is 0 Å². The molecule has 1 aromatic heterocycles. The summed E-state index contributed by atoms with van der Waals surface area (Å²) in [5, 5.41) is 3.82. The molecule has 4 aromatic rings. The number of anilines is 1. The number of fused-ring (bicyclic) bond motifs is 1. The van der Waals surface area contributed by atoms with Crippen molar-refractivity contribution in [2.24, 2.45) is 0 Å². The van der Waals surface area contributed by atoms with E-state index in [0.717, 1.165) is 28.6 Å². The second-order valence-electron chi connectivity index (χ2n) is 6.73. The van der Waals surface area contributed by atoms with Crippen LogP contribution in [0.15, 0.2) is 77.2 Å². The Hall–Kier alpha value is -3.53. The van der Waals surface area contributed by atoms with Gasteiger partial charge in [-0.2, -0.15) is 0 Å². The maximum atomic E-state index is 13.4. The first-order chi connectivity index (χ1) is 14.2. The van der Waals surface area contributed by atoms with E-state index in [2.05, 4.69) is 12.2 Å². The highest BCUT2D eigenvalue weighted by Gasteiger charge is 2.23. The van der Waals surface area contributed by atoms with Crippen LogP contribution in [0.2, 0.25) is 0 Å². The van der Waals surface area contributed by atoms with Gasteiger partial charge in [-0.25, -0.2) is 0 Å². The smallest absolute Gasteiger partial charge is 0.260 e. The van der Waals surface area contributed by atoms with Gasteiger partial charge in [-0.05, 0) is 43.2 Å². The van der Waals surface area contributed by atoms with Gasteiger partial charge >= 0.3 is 0 Å². The maximum Gasteiger partial charge on any atom is 0.260 e. The minimum Gasteiger partial charge on any atom is -0.494 e. The highest BCUT2D eigenvalue weighted by atomic mass is 16.5. The molecular formula is C25H23NO3. The number of carbonyl (C=O) groups is 1. The molecule has 29 heavy (non-hydrogen) atoms. The normalized spacial score (nSPS) is 10.8. The zero-order chi connectivity index (χ0) is 20.2. The molecule has 1 N–H and O–H groups in total. The summed E-state index contributed by atoms with van der Waals surface area (Å²) in [7, 11) is 0. The van der Waals surface area contributed by atoms with Crippen LogP contribution in [0.5, 0.6) is 5.75 Å². The van der Waals surface area contributed by atoms with Gasteiger partial charge in [-0.3, -0.25) is 4.79 Å². The second-order valence-corrected chi connectivity index (χ2v) is 6.73. The van der Waals surface area contributed by atoms with Gasteiger partial charge in [-0.1, -0.05) is 55.5 Å². The Bertz CT molecular complexity index is 1150. The lowest BCUT2D eigenvalue weighted by Gasteiger charge is -2.10. The van der Waals surface area contributed by atoms with Gasteiger partial charge in [0.15, 0.2) is 0 Å². The molecule has 0 unspecified atom stereocenters. The Kier molecular flexibility index (Phi) is 5.34. The van der Waals surface area contributed by atoms with Crippen LogP contribution in [0.4, 0.5) is 5.69 Å². The average Bonchev–Trinajstić information content (AvgIpc) is 3.14. The van der Waals surface area contributed by atoms with E-state index in [1.807, 2.05) is 79.7 Å². The first-order valence-corrected chi connectivity index (χ1v) is 9.85. The van der Waals surface area contributed by atoms with Crippen molar-refractivity contribution < 1.29 is 13.9 Å². The predicted octanol–water partition coefficient (Wildman–Crippen LogP) is 6.31. The molecule has 0 aliphatic heterocycles. The topological polar surface area (TPSA) is 51.5 Å². The van der Waals surface area contributed by atoms with Crippen molar-refractivity contribution >= 4 is 22.6 Å². The van der Waals surface area contributed by atoms with Crippen LogP contribution >= 0.6 is 0 Å². The molecule has 3 aromatic carbocycles. The van der Waals surface area contributed by atoms with E-state index in [1.54, 1.807) is 0 Å². The largest absolute Gasteiger partial charge is 0.494 e. The number of hydrogen-bond donors (Lipinski definition) is 1. The summed E-state index contributed by atoms with van der Waals surface area (Å²) in [6.45, 7) is 4.56. The Balaban J connectivity index is 1.85. The maximum absolute atomic E-state index is 13.4. The number of para-hydroxylation sites is 1. The molecule has 0 saturated carbocycles. The lowest BCUT2D eigenvalue weighted by molar-refractivity contribution is 0.102. The van der Waals surface area contributed by atoms with Crippen LogP contribution in [0.1, 0.15) is 29.8 Å². The van der Waals surface area contributed by atoms with E-state index in [1.165, 1.54) is 0 Å². The van der Waals surface area contributed by atoms with Crippen LogP contribution in [0.3, 0.4) is 0 Å². The summed E-state index contributed by atoms with van der Waals surface area (Å²) in [5.74, 6) is 1.07. The van der Waals surface area contributed by atoms with E-state index >= 15 is 0 Å². The first kappa shape index (κ1) is 18.8. The summed E-state index contributed by atoms with van der Waals surface area (Å²) >= 11 is 0. The predicted molar refractivity (Wildman–Crippen MR) is 117 cm³/mol. The minimum atomic E-state index is -0.197. The second kappa shape index (κ2) is 8.23. The van der Waals surface area contributed by atoms with Crippen molar-refractivity contribution in [2.75, 3.05) is 11.9 Å². The molecule has 0 atom stereocenters. The van der Waals surface area contributed by atoms with E-state index in [0.29, 0.717) is 29.3 Å². The lowest BCUT2D eigenvalue weighted by Crippen LogP contribution is -2.13. The van der Waals surface area contributed by atoms with Crippen molar-refractivity contribution in [3.63, 3.8) is 0 Å². The third-order valence-corrected chi connectivity index (χ3v) is 4.88. The zero-order valence-corrected chi connectivity index (χ0v) is 16.6. The molecule has 1 heterocycles. The van der Waals surface area contributed by atoms with Crippen molar-refractivity contribution in [3.05, 3.63) is 83.9 Å². The average molecular weight is 385 g/mol. The Morgan fingerprint density at radius 3 is 2.48 bits per heavy atom. The van der Waals surface area contributed by atoms with Gasteiger partial charge in [0.05, 0.1) is 12.2 Å². The number of rotatable bonds is 6. The molecule has 0 fully saturated rings. The van der Waals surface area contributed by atoms with Crippen molar-refractivity contribution in [3.8, 4) is 17.1 Å². The molecule has 0 saturated heterocycles. The van der Waals surface area contributed by atoms with E-state index in [4.69, 9.17) is 9.15 Å². The summed E-state index contributed by atoms with van der Waals surface area (Å²) in [4.78, 5) is 13.4. The number of benzene rings is 3. The van der Waals surface area contributed by atoms with Gasteiger partial charge in [0.1, 0.15) is 17.1 Å². The molecule has 0 aliphatic carbocycles. The van der Waals surface area contributed by atoms with E-state index in [9.17, 15) is 4.79 Å². The molecule has 4 nitrogen and oxygen atoms in total. The third-order valence-electron chi connectivity index (χ3n) is 4.88. The number of aryl methyl sites for hydroxylation is 1. The van der Waals surface area contributed by atoms with Gasteiger partial charge < -0.3 is 14.5 Å². The molecule has 0 radical (unpaired) electrons. The number of nitrogens with one attached hydrogen (secondary N) is 1. The van der Waals surface area contributed by atoms with Crippen LogP contribution in [-0.2, 0) is 6.42 Å². The summed E-state index contributed by atoms with van der Waals surface area (Å²) in [6, 6.07) is 23.1. The summed E-state index contributed by atoms with van der Waals surface area (Å²) < 4.78 is 11.8. The van der Waals surface area contributed by atoms with E-state index in [-0.39, 0.29) is 5.91 Å². The Labute approximate surface area is 170 Å². The van der Waals surface area contributed by atoms with Crippen molar-refractivity contribution in [2.45, 2.75) is 20.3 Å². The first-order valence-electron chi connectivity index (χ1n) is 9.85. The molecule has 0 aliphatic rings. The number of amides is 1. The fourth-order valence-corrected chi connectivity index (χ4v) is 3.49. The van der Waals surface area contributed by atoms with E-state index < -0.39 is 0 Å². The standard InChI is InChI=1S/C25H23NO3/c1-3-17-10-8-9-13-21(17)26-25(27)23-20-16-19(28-4-2)14-15-22(20)29-24(23)18-11-6-5-7-12-18/h5-16H,3-4H2,1-2H3,(H,26,27).